The first-order valence-corrected chi connectivity index (χ1v) is 5.68. The van der Waals surface area contributed by atoms with Crippen LogP contribution in [-0.2, 0) is 0 Å². The number of thiazole rings is 1. The molecular weight excluding hydrogens is 180 g/mol. The van der Waals surface area contributed by atoms with E-state index in [1.807, 2.05) is 11.6 Å². The molecule has 1 unspecified atom stereocenters. The van der Waals surface area contributed by atoms with Crippen molar-refractivity contribution < 1.29 is 0 Å². The van der Waals surface area contributed by atoms with Crippen molar-refractivity contribution in [2.45, 2.75) is 26.7 Å². The molecule has 3 heteroatoms. The van der Waals surface area contributed by atoms with Crippen LogP contribution in [0.3, 0.4) is 0 Å². The molecule has 1 atom stereocenters. The van der Waals surface area contributed by atoms with Gasteiger partial charge in [0.15, 0.2) is 0 Å². The van der Waals surface area contributed by atoms with Crippen molar-refractivity contribution in [3.05, 3.63) is 16.6 Å². The largest absolute Gasteiger partial charge is 0.316 e. The molecule has 1 aromatic heterocycles. The zero-order chi connectivity index (χ0) is 9.68. The molecule has 0 spiro atoms. The topological polar surface area (TPSA) is 24.9 Å². The Morgan fingerprint density at radius 1 is 1.38 bits per heavy atom. The summed E-state index contributed by atoms with van der Waals surface area (Å²) in [6, 6.07) is 0. The summed E-state index contributed by atoms with van der Waals surface area (Å²) in [4.78, 5) is 4.29. The molecular formula is C10H18N2S. The Morgan fingerprint density at radius 3 is 2.69 bits per heavy atom. The molecule has 1 aromatic rings. The minimum Gasteiger partial charge on any atom is -0.316 e. The van der Waals surface area contributed by atoms with Gasteiger partial charge in [-0.3, -0.25) is 0 Å². The zero-order valence-electron chi connectivity index (χ0n) is 8.58. The molecule has 0 fully saturated rings. The van der Waals surface area contributed by atoms with Gasteiger partial charge in [0.25, 0.3) is 0 Å². The van der Waals surface area contributed by atoms with Crippen molar-refractivity contribution in [1.29, 1.82) is 0 Å². The molecule has 0 bridgehead atoms. The third-order valence-corrected chi connectivity index (χ3v) is 2.88. The molecule has 0 saturated heterocycles. The minimum atomic E-state index is 0.541. The maximum Gasteiger partial charge on any atom is 0.0965 e. The molecule has 0 aliphatic heterocycles. The number of aromatic nitrogens is 1. The predicted octanol–water partition coefficient (Wildman–Crippen LogP) is 2.49. The first kappa shape index (κ1) is 10.7. The molecule has 0 aliphatic rings. The van der Waals surface area contributed by atoms with Gasteiger partial charge < -0.3 is 5.32 Å². The standard InChI is InChI=1S/C10H18N2S/c1-8(2)6-11-7-9(3)10-12-4-5-13-10/h4-5,8-9,11H,6-7H2,1-3H3. The van der Waals surface area contributed by atoms with Crippen LogP contribution in [-0.4, -0.2) is 18.1 Å². The van der Waals surface area contributed by atoms with Crippen molar-refractivity contribution in [1.82, 2.24) is 10.3 Å². The van der Waals surface area contributed by atoms with Crippen LogP contribution in [0.25, 0.3) is 0 Å². The van der Waals surface area contributed by atoms with Crippen molar-refractivity contribution in [2.24, 2.45) is 5.92 Å². The summed E-state index contributed by atoms with van der Waals surface area (Å²) in [7, 11) is 0. The third-order valence-electron chi connectivity index (χ3n) is 1.88. The van der Waals surface area contributed by atoms with Crippen molar-refractivity contribution >= 4 is 11.3 Å². The summed E-state index contributed by atoms with van der Waals surface area (Å²) in [5.41, 5.74) is 0. The number of hydrogen-bond acceptors (Lipinski definition) is 3. The van der Waals surface area contributed by atoms with E-state index in [1.54, 1.807) is 11.3 Å². The predicted molar refractivity (Wildman–Crippen MR) is 58.2 cm³/mol. The normalized spacial score (nSPS) is 13.5. The molecule has 0 aromatic carbocycles. The lowest BCUT2D eigenvalue weighted by Crippen LogP contribution is -2.24. The Kier molecular flexibility index (Phi) is 4.39. The fourth-order valence-corrected chi connectivity index (χ4v) is 1.85. The van der Waals surface area contributed by atoms with E-state index in [0.29, 0.717) is 5.92 Å². The van der Waals surface area contributed by atoms with Gasteiger partial charge in [0, 0.05) is 24.0 Å². The second-order valence-corrected chi connectivity index (χ2v) is 4.75. The highest BCUT2D eigenvalue weighted by Crippen LogP contribution is 2.16. The molecule has 1 heterocycles. The summed E-state index contributed by atoms with van der Waals surface area (Å²) < 4.78 is 0. The van der Waals surface area contributed by atoms with E-state index in [0.717, 1.165) is 19.0 Å². The molecule has 2 nitrogen and oxygen atoms in total. The molecule has 13 heavy (non-hydrogen) atoms. The Hall–Kier alpha value is -0.410. The lowest BCUT2D eigenvalue weighted by molar-refractivity contribution is 0.528. The maximum atomic E-state index is 4.29. The molecule has 0 radical (unpaired) electrons. The van der Waals surface area contributed by atoms with E-state index in [2.05, 4.69) is 31.1 Å². The van der Waals surface area contributed by atoms with Crippen LogP contribution in [0.1, 0.15) is 31.7 Å². The molecule has 1 N–H and O–H groups in total. The van der Waals surface area contributed by atoms with Crippen LogP contribution in [0.4, 0.5) is 0 Å². The highest BCUT2D eigenvalue weighted by Gasteiger charge is 2.06. The lowest BCUT2D eigenvalue weighted by Gasteiger charge is -2.11. The fraction of sp³-hybridized carbons (Fsp3) is 0.700. The number of hydrogen-bond donors (Lipinski definition) is 1. The first-order valence-electron chi connectivity index (χ1n) is 4.80. The lowest BCUT2D eigenvalue weighted by atomic mass is 10.2. The molecule has 1 rings (SSSR count). The van der Waals surface area contributed by atoms with Gasteiger partial charge in [-0.05, 0) is 12.5 Å². The SMILES string of the molecule is CC(C)CNCC(C)c1nccs1. The van der Waals surface area contributed by atoms with Gasteiger partial charge in [-0.25, -0.2) is 4.98 Å². The van der Waals surface area contributed by atoms with Gasteiger partial charge in [0.05, 0.1) is 5.01 Å². The smallest absolute Gasteiger partial charge is 0.0965 e. The summed E-state index contributed by atoms with van der Waals surface area (Å²) in [6.07, 6.45) is 1.87. The quantitative estimate of drug-likeness (QED) is 0.786. The second-order valence-electron chi connectivity index (χ2n) is 3.82. The van der Waals surface area contributed by atoms with Gasteiger partial charge >= 0.3 is 0 Å². The summed E-state index contributed by atoms with van der Waals surface area (Å²) >= 11 is 1.74. The Balaban J connectivity index is 2.22. The molecule has 0 aliphatic carbocycles. The van der Waals surface area contributed by atoms with Crippen molar-refractivity contribution in [3.8, 4) is 0 Å². The van der Waals surface area contributed by atoms with Crippen LogP contribution in [0, 0.1) is 5.92 Å². The van der Waals surface area contributed by atoms with Crippen molar-refractivity contribution in [2.75, 3.05) is 13.1 Å². The Bertz CT molecular complexity index is 219. The average Bonchev–Trinajstić information content (AvgIpc) is 2.55. The number of nitrogens with one attached hydrogen (secondary N) is 1. The Labute approximate surface area is 84.4 Å². The van der Waals surface area contributed by atoms with E-state index in [4.69, 9.17) is 0 Å². The van der Waals surface area contributed by atoms with Gasteiger partial charge in [-0.1, -0.05) is 20.8 Å². The molecule has 74 valence electrons. The van der Waals surface area contributed by atoms with Crippen LogP contribution in [0.5, 0.6) is 0 Å². The van der Waals surface area contributed by atoms with Gasteiger partial charge in [-0.2, -0.15) is 0 Å². The van der Waals surface area contributed by atoms with E-state index < -0.39 is 0 Å². The highest BCUT2D eigenvalue weighted by atomic mass is 32.1. The fourth-order valence-electron chi connectivity index (χ4n) is 1.15. The van der Waals surface area contributed by atoms with E-state index in [9.17, 15) is 0 Å². The second kappa shape index (κ2) is 5.35. The van der Waals surface area contributed by atoms with Gasteiger partial charge in [0.2, 0.25) is 0 Å². The minimum absolute atomic E-state index is 0.541. The Morgan fingerprint density at radius 2 is 2.15 bits per heavy atom. The summed E-state index contributed by atoms with van der Waals surface area (Å²) in [5, 5.41) is 6.71. The van der Waals surface area contributed by atoms with E-state index in [-0.39, 0.29) is 0 Å². The maximum absolute atomic E-state index is 4.29. The van der Waals surface area contributed by atoms with Crippen LogP contribution in [0.2, 0.25) is 0 Å². The van der Waals surface area contributed by atoms with Crippen molar-refractivity contribution in [3.63, 3.8) is 0 Å². The van der Waals surface area contributed by atoms with E-state index in [1.165, 1.54) is 5.01 Å². The van der Waals surface area contributed by atoms with Gasteiger partial charge in [-0.15, -0.1) is 11.3 Å². The summed E-state index contributed by atoms with van der Waals surface area (Å²) in [6.45, 7) is 8.79. The van der Waals surface area contributed by atoms with E-state index >= 15 is 0 Å². The number of rotatable bonds is 5. The molecule has 0 amide bonds. The van der Waals surface area contributed by atoms with Gasteiger partial charge in [0.1, 0.15) is 0 Å². The van der Waals surface area contributed by atoms with Crippen LogP contribution in [0.15, 0.2) is 11.6 Å². The monoisotopic (exact) mass is 198 g/mol. The first-order chi connectivity index (χ1) is 6.20. The highest BCUT2D eigenvalue weighted by molar-refractivity contribution is 7.09. The third kappa shape index (κ3) is 3.87. The summed E-state index contributed by atoms with van der Waals surface area (Å²) in [5.74, 6) is 1.27. The zero-order valence-corrected chi connectivity index (χ0v) is 9.40. The average molecular weight is 198 g/mol. The number of nitrogens with zero attached hydrogens (tertiary/aromatic N) is 1. The molecule has 0 saturated carbocycles. The van der Waals surface area contributed by atoms with Crippen LogP contribution < -0.4 is 5.32 Å². The van der Waals surface area contributed by atoms with Crippen LogP contribution >= 0.6 is 11.3 Å².